The van der Waals surface area contributed by atoms with Crippen LogP contribution in [0.5, 0.6) is 0 Å². The largest absolute Gasteiger partial charge is 0.260 e. The first-order chi connectivity index (χ1) is 10.2. The standard InChI is InChI=1S/C18H15FN2/c1-11-17(8-16(19)10-20-11)14-5-4-13-7-18(12-2-3-12)21-9-15(13)6-14/h4-10,12H,2-3H2,1H3. The Labute approximate surface area is 122 Å². The third-order valence-corrected chi connectivity index (χ3v) is 4.10. The molecule has 1 aliphatic carbocycles. The van der Waals surface area contributed by atoms with Crippen molar-refractivity contribution in [2.45, 2.75) is 25.7 Å². The fourth-order valence-corrected chi connectivity index (χ4v) is 2.73. The first-order valence-corrected chi connectivity index (χ1v) is 7.23. The molecule has 0 aliphatic heterocycles. The molecule has 0 radical (unpaired) electrons. The van der Waals surface area contributed by atoms with Gasteiger partial charge in [-0.2, -0.15) is 0 Å². The summed E-state index contributed by atoms with van der Waals surface area (Å²) in [6, 6.07) is 9.89. The van der Waals surface area contributed by atoms with Crippen LogP contribution in [0.4, 0.5) is 4.39 Å². The zero-order valence-corrected chi connectivity index (χ0v) is 11.8. The molecular weight excluding hydrogens is 263 g/mol. The average molecular weight is 278 g/mol. The molecule has 0 spiro atoms. The fraction of sp³-hybridized carbons (Fsp3) is 0.222. The van der Waals surface area contributed by atoms with Crippen LogP contribution in [0.2, 0.25) is 0 Å². The van der Waals surface area contributed by atoms with E-state index in [0.29, 0.717) is 5.92 Å². The molecule has 1 fully saturated rings. The maximum Gasteiger partial charge on any atom is 0.142 e. The molecule has 1 aromatic carbocycles. The Bertz CT molecular complexity index is 838. The number of hydrogen-bond acceptors (Lipinski definition) is 2. The van der Waals surface area contributed by atoms with Crippen LogP contribution < -0.4 is 0 Å². The van der Waals surface area contributed by atoms with Crippen molar-refractivity contribution in [1.82, 2.24) is 9.97 Å². The topological polar surface area (TPSA) is 25.8 Å². The lowest BCUT2D eigenvalue weighted by molar-refractivity contribution is 0.621. The smallest absolute Gasteiger partial charge is 0.142 e. The Hall–Kier alpha value is -2.29. The van der Waals surface area contributed by atoms with Crippen LogP contribution in [-0.2, 0) is 0 Å². The van der Waals surface area contributed by atoms with Crippen LogP contribution in [0, 0.1) is 12.7 Å². The fourth-order valence-electron chi connectivity index (χ4n) is 2.73. The van der Waals surface area contributed by atoms with Crippen molar-refractivity contribution in [2.75, 3.05) is 0 Å². The van der Waals surface area contributed by atoms with E-state index >= 15 is 0 Å². The van der Waals surface area contributed by atoms with E-state index in [4.69, 9.17) is 0 Å². The molecule has 2 nitrogen and oxygen atoms in total. The molecule has 0 unspecified atom stereocenters. The van der Waals surface area contributed by atoms with Gasteiger partial charge >= 0.3 is 0 Å². The van der Waals surface area contributed by atoms with E-state index in [9.17, 15) is 4.39 Å². The molecule has 0 N–H and O–H groups in total. The predicted molar refractivity (Wildman–Crippen MR) is 81.6 cm³/mol. The molecule has 21 heavy (non-hydrogen) atoms. The lowest BCUT2D eigenvalue weighted by Gasteiger charge is -2.08. The van der Waals surface area contributed by atoms with E-state index in [1.165, 1.54) is 36.2 Å². The lowest BCUT2D eigenvalue weighted by Crippen LogP contribution is -1.91. The minimum Gasteiger partial charge on any atom is -0.260 e. The second kappa shape index (κ2) is 4.62. The number of aromatic nitrogens is 2. The van der Waals surface area contributed by atoms with Crippen LogP contribution in [0.25, 0.3) is 21.9 Å². The van der Waals surface area contributed by atoms with Crippen LogP contribution in [0.1, 0.15) is 30.1 Å². The van der Waals surface area contributed by atoms with Crippen molar-refractivity contribution in [3.05, 3.63) is 59.9 Å². The summed E-state index contributed by atoms with van der Waals surface area (Å²) < 4.78 is 13.4. The van der Waals surface area contributed by atoms with E-state index in [2.05, 4.69) is 28.2 Å². The summed E-state index contributed by atoms with van der Waals surface area (Å²) in [5.41, 5.74) is 3.84. The van der Waals surface area contributed by atoms with Gasteiger partial charge < -0.3 is 0 Å². The van der Waals surface area contributed by atoms with Gasteiger partial charge in [-0.05, 0) is 48.9 Å². The van der Waals surface area contributed by atoms with Crippen molar-refractivity contribution in [3.63, 3.8) is 0 Å². The van der Waals surface area contributed by atoms with Gasteiger partial charge in [-0.3, -0.25) is 9.97 Å². The van der Waals surface area contributed by atoms with Crippen molar-refractivity contribution < 1.29 is 4.39 Å². The van der Waals surface area contributed by atoms with Gasteiger partial charge in [0.2, 0.25) is 0 Å². The number of hydrogen-bond donors (Lipinski definition) is 0. The number of halogens is 1. The van der Waals surface area contributed by atoms with Crippen molar-refractivity contribution in [1.29, 1.82) is 0 Å². The highest BCUT2D eigenvalue weighted by molar-refractivity contribution is 5.87. The predicted octanol–water partition coefficient (Wildman–Crippen LogP) is 4.62. The van der Waals surface area contributed by atoms with E-state index < -0.39 is 0 Å². The van der Waals surface area contributed by atoms with E-state index in [-0.39, 0.29) is 5.82 Å². The first kappa shape index (κ1) is 12.5. The van der Waals surface area contributed by atoms with Crippen molar-refractivity contribution in [3.8, 4) is 11.1 Å². The van der Waals surface area contributed by atoms with Gasteiger partial charge in [0.1, 0.15) is 5.82 Å². The number of aryl methyl sites for hydroxylation is 1. The zero-order chi connectivity index (χ0) is 14.4. The Morgan fingerprint density at radius 2 is 1.86 bits per heavy atom. The minimum absolute atomic E-state index is 0.307. The minimum atomic E-state index is -0.307. The van der Waals surface area contributed by atoms with Gasteiger partial charge in [-0.15, -0.1) is 0 Å². The van der Waals surface area contributed by atoms with Gasteiger partial charge in [0.05, 0.1) is 6.20 Å². The van der Waals surface area contributed by atoms with Gasteiger partial charge in [0.15, 0.2) is 0 Å². The third-order valence-electron chi connectivity index (χ3n) is 4.10. The highest BCUT2D eigenvalue weighted by Gasteiger charge is 2.24. The van der Waals surface area contributed by atoms with Crippen LogP contribution >= 0.6 is 0 Å². The number of rotatable bonds is 2. The van der Waals surface area contributed by atoms with E-state index in [0.717, 1.165) is 22.2 Å². The molecule has 3 heteroatoms. The average Bonchev–Trinajstić information content (AvgIpc) is 3.33. The summed E-state index contributed by atoms with van der Waals surface area (Å²) in [6.07, 6.45) is 5.69. The van der Waals surface area contributed by atoms with Gasteiger partial charge in [-0.25, -0.2) is 4.39 Å². The molecular formula is C18H15FN2. The first-order valence-electron chi connectivity index (χ1n) is 7.23. The summed E-state index contributed by atoms with van der Waals surface area (Å²) in [6.45, 7) is 1.90. The van der Waals surface area contributed by atoms with Crippen LogP contribution in [0.3, 0.4) is 0 Å². The zero-order valence-electron chi connectivity index (χ0n) is 11.8. The van der Waals surface area contributed by atoms with Crippen molar-refractivity contribution >= 4 is 10.8 Å². The molecule has 0 saturated heterocycles. The quantitative estimate of drug-likeness (QED) is 0.683. The van der Waals surface area contributed by atoms with Crippen LogP contribution in [-0.4, -0.2) is 9.97 Å². The second-order valence-corrected chi connectivity index (χ2v) is 5.73. The van der Waals surface area contributed by atoms with Gasteiger partial charge in [0.25, 0.3) is 0 Å². The maximum atomic E-state index is 13.4. The molecule has 4 rings (SSSR count). The SMILES string of the molecule is Cc1ncc(F)cc1-c1ccc2cc(C3CC3)ncc2c1. The highest BCUT2D eigenvalue weighted by Crippen LogP contribution is 2.39. The van der Waals surface area contributed by atoms with Gasteiger partial charge in [0, 0.05) is 34.5 Å². The van der Waals surface area contributed by atoms with Gasteiger partial charge in [-0.1, -0.05) is 12.1 Å². The molecule has 2 heterocycles. The molecule has 0 amide bonds. The molecule has 1 aliphatic rings. The molecule has 3 aromatic rings. The molecule has 0 bridgehead atoms. The summed E-state index contributed by atoms with van der Waals surface area (Å²) in [7, 11) is 0. The molecule has 0 atom stereocenters. The molecule has 104 valence electrons. The Balaban J connectivity index is 1.83. The lowest BCUT2D eigenvalue weighted by atomic mass is 10.0. The number of fused-ring (bicyclic) bond motifs is 1. The van der Waals surface area contributed by atoms with Crippen LogP contribution in [0.15, 0.2) is 42.7 Å². The number of pyridine rings is 2. The number of nitrogens with zero attached hydrogens (tertiary/aromatic N) is 2. The maximum absolute atomic E-state index is 13.4. The van der Waals surface area contributed by atoms with E-state index in [1.807, 2.05) is 19.2 Å². The summed E-state index contributed by atoms with van der Waals surface area (Å²) in [5, 5.41) is 2.28. The Morgan fingerprint density at radius 3 is 2.67 bits per heavy atom. The second-order valence-electron chi connectivity index (χ2n) is 5.73. The number of benzene rings is 1. The normalized spacial score (nSPS) is 14.6. The third kappa shape index (κ3) is 2.29. The summed E-state index contributed by atoms with van der Waals surface area (Å²) >= 11 is 0. The Kier molecular flexibility index (Phi) is 2.74. The molecule has 2 aromatic heterocycles. The summed E-state index contributed by atoms with van der Waals surface area (Å²) in [4.78, 5) is 8.64. The van der Waals surface area contributed by atoms with E-state index in [1.54, 1.807) is 0 Å². The Morgan fingerprint density at radius 1 is 1.00 bits per heavy atom. The monoisotopic (exact) mass is 278 g/mol. The molecule has 1 saturated carbocycles. The summed E-state index contributed by atoms with van der Waals surface area (Å²) in [5.74, 6) is 0.349. The van der Waals surface area contributed by atoms with Crippen molar-refractivity contribution in [2.24, 2.45) is 0 Å². The highest BCUT2D eigenvalue weighted by atomic mass is 19.1.